The van der Waals surface area contributed by atoms with Gasteiger partial charge >= 0.3 is 0 Å². The van der Waals surface area contributed by atoms with Crippen LogP contribution >= 0.6 is 0 Å². The molecule has 1 aliphatic rings. The lowest BCUT2D eigenvalue weighted by Crippen LogP contribution is -2.28. The van der Waals surface area contributed by atoms with E-state index in [1.165, 1.54) is 0 Å². The minimum Gasteiger partial charge on any atom is -0.339 e. The van der Waals surface area contributed by atoms with Crippen LogP contribution in [0.3, 0.4) is 0 Å². The second-order valence-corrected chi connectivity index (χ2v) is 8.21. The van der Waals surface area contributed by atoms with Gasteiger partial charge in [-0.2, -0.15) is 0 Å². The zero-order valence-corrected chi connectivity index (χ0v) is 18.0. The number of likely N-dealkylation sites (tertiary alicyclic amines) is 1. The van der Waals surface area contributed by atoms with Gasteiger partial charge in [-0.1, -0.05) is 17.7 Å². The fourth-order valence-electron chi connectivity index (χ4n) is 4.26. The van der Waals surface area contributed by atoms with E-state index in [4.69, 9.17) is 0 Å². The summed E-state index contributed by atoms with van der Waals surface area (Å²) in [6.45, 7) is 9.42. The van der Waals surface area contributed by atoms with Crippen molar-refractivity contribution in [3.05, 3.63) is 69.9 Å². The molecule has 1 saturated heterocycles. The van der Waals surface area contributed by atoms with Gasteiger partial charge in [0.15, 0.2) is 0 Å². The number of rotatable bonds is 3. The summed E-state index contributed by atoms with van der Waals surface area (Å²) >= 11 is 0. The number of pyridine rings is 1. The molecule has 0 unspecified atom stereocenters. The normalized spacial score (nSPS) is 13.7. The summed E-state index contributed by atoms with van der Waals surface area (Å²) in [7, 11) is 0. The fraction of sp³-hybridized carbons (Fsp3) is 0.320. The van der Waals surface area contributed by atoms with Crippen LogP contribution in [-0.4, -0.2) is 34.8 Å². The Labute approximate surface area is 177 Å². The number of anilines is 1. The van der Waals surface area contributed by atoms with Crippen LogP contribution in [0.2, 0.25) is 0 Å². The zero-order valence-electron chi connectivity index (χ0n) is 18.0. The van der Waals surface area contributed by atoms with Crippen LogP contribution in [0.15, 0.2) is 36.4 Å². The minimum absolute atomic E-state index is 0.0376. The SMILES string of the molecule is Cc1cc(C)c2nc(C)c(C(=O)Nc3cccc(C(=O)N4CCCC4)c3C)cc2c1. The standard InChI is InChI=1S/C25H27N3O2/c1-15-12-16(2)23-19(13-15)14-21(18(4)26-23)24(29)27-22-9-7-8-20(17(22)3)25(30)28-10-5-6-11-28/h7-9,12-14H,5-6,10-11H2,1-4H3,(H,27,29). The van der Waals surface area contributed by atoms with E-state index in [1.807, 2.05) is 62.9 Å². The molecule has 3 aromatic rings. The number of hydrogen-bond acceptors (Lipinski definition) is 3. The topological polar surface area (TPSA) is 62.3 Å². The minimum atomic E-state index is -0.213. The number of benzene rings is 2. The van der Waals surface area contributed by atoms with Crippen molar-refractivity contribution in [3.63, 3.8) is 0 Å². The Morgan fingerprint density at radius 2 is 1.70 bits per heavy atom. The van der Waals surface area contributed by atoms with E-state index in [1.54, 1.807) is 0 Å². The molecule has 0 radical (unpaired) electrons. The van der Waals surface area contributed by atoms with Gasteiger partial charge in [0.05, 0.1) is 16.8 Å². The molecule has 1 N–H and O–H groups in total. The maximum atomic E-state index is 13.1. The highest BCUT2D eigenvalue weighted by Crippen LogP contribution is 2.25. The molecule has 154 valence electrons. The summed E-state index contributed by atoms with van der Waals surface area (Å²) in [5.74, 6) is -0.175. The summed E-state index contributed by atoms with van der Waals surface area (Å²) in [6.07, 6.45) is 2.10. The molecule has 0 saturated carbocycles. The number of hydrogen-bond donors (Lipinski definition) is 1. The second-order valence-electron chi connectivity index (χ2n) is 8.21. The molecular formula is C25H27N3O2. The first-order valence-electron chi connectivity index (χ1n) is 10.4. The van der Waals surface area contributed by atoms with E-state index >= 15 is 0 Å². The number of nitrogens with zero attached hydrogens (tertiary/aromatic N) is 2. The molecule has 1 aliphatic heterocycles. The molecule has 0 aliphatic carbocycles. The van der Waals surface area contributed by atoms with Crippen LogP contribution in [0.4, 0.5) is 5.69 Å². The highest BCUT2D eigenvalue weighted by Gasteiger charge is 2.22. The van der Waals surface area contributed by atoms with Gasteiger partial charge in [0.25, 0.3) is 11.8 Å². The van der Waals surface area contributed by atoms with E-state index in [-0.39, 0.29) is 11.8 Å². The van der Waals surface area contributed by atoms with E-state index in [2.05, 4.69) is 16.4 Å². The molecule has 0 spiro atoms. The maximum absolute atomic E-state index is 13.1. The van der Waals surface area contributed by atoms with E-state index in [9.17, 15) is 9.59 Å². The van der Waals surface area contributed by atoms with Gasteiger partial charge in [-0.3, -0.25) is 14.6 Å². The number of carbonyl (C=O) groups excluding carboxylic acids is 2. The third-order valence-electron chi connectivity index (χ3n) is 5.89. The lowest BCUT2D eigenvalue weighted by molar-refractivity contribution is 0.0791. The molecule has 1 fully saturated rings. The first-order valence-corrected chi connectivity index (χ1v) is 10.4. The van der Waals surface area contributed by atoms with Crippen molar-refractivity contribution in [1.82, 2.24) is 9.88 Å². The number of aryl methyl sites for hydroxylation is 3. The van der Waals surface area contributed by atoms with Gasteiger partial charge in [0.2, 0.25) is 0 Å². The van der Waals surface area contributed by atoms with Crippen LogP contribution < -0.4 is 5.32 Å². The van der Waals surface area contributed by atoms with Crippen LogP contribution in [-0.2, 0) is 0 Å². The molecule has 2 aromatic carbocycles. The second kappa shape index (κ2) is 7.90. The molecule has 0 atom stereocenters. The first-order chi connectivity index (χ1) is 14.3. The Morgan fingerprint density at radius 3 is 2.43 bits per heavy atom. The number of nitrogens with one attached hydrogen (secondary N) is 1. The zero-order chi connectivity index (χ0) is 21.4. The summed E-state index contributed by atoms with van der Waals surface area (Å²) < 4.78 is 0. The maximum Gasteiger partial charge on any atom is 0.257 e. The molecule has 2 amide bonds. The summed E-state index contributed by atoms with van der Waals surface area (Å²) in [4.78, 5) is 32.5. The number of fused-ring (bicyclic) bond motifs is 1. The lowest BCUT2D eigenvalue weighted by Gasteiger charge is -2.18. The van der Waals surface area contributed by atoms with Crippen molar-refractivity contribution < 1.29 is 9.59 Å². The largest absolute Gasteiger partial charge is 0.339 e. The Kier molecular flexibility index (Phi) is 5.29. The Bertz CT molecular complexity index is 1160. The molecule has 2 heterocycles. The van der Waals surface area contributed by atoms with Crippen molar-refractivity contribution >= 4 is 28.4 Å². The van der Waals surface area contributed by atoms with Crippen molar-refractivity contribution in [1.29, 1.82) is 0 Å². The molecule has 0 bridgehead atoms. The quantitative estimate of drug-likeness (QED) is 0.675. The Morgan fingerprint density at radius 1 is 0.967 bits per heavy atom. The molecule has 1 aromatic heterocycles. The number of amides is 2. The van der Waals surface area contributed by atoms with Crippen molar-refractivity contribution in [2.24, 2.45) is 0 Å². The third-order valence-corrected chi connectivity index (χ3v) is 5.89. The summed E-state index contributed by atoms with van der Waals surface area (Å²) in [5.41, 5.74) is 6.49. The highest BCUT2D eigenvalue weighted by molar-refractivity contribution is 6.08. The number of aromatic nitrogens is 1. The van der Waals surface area contributed by atoms with Crippen LogP contribution in [0.25, 0.3) is 10.9 Å². The van der Waals surface area contributed by atoms with Gasteiger partial charge in [0.1, 0.15) is 0 Å². The van der Waals surface area contributed by atoms with E-state index in [0.29, 0.717) is 22.5 Å². The average Bonchev–Trinajstić information content (AvgIpc) is 3.24. The predicted molar refractivity (Wildman–Crippen MR) is 120 cm³/mol. The third kappa shape index (κ3) is 3.67. The van der Waals surface area contributed by atoms with E-state index in [0.717, 1.165) is 53.5 Å². The van der Waals surface area contributed by atoms with Gasteiger partial charge in [-0.05, 0) is 75.9 Å². The smallest absolute Gasteiger partial charge is 0.257 e. The molecular weight excluding hydrogens is 374 g/mol. The highest BCUT2D eigenvalue weighted by atomic mass is 16.2. The van der Waals surface area contributed by atoms with Crippen LogP contribution in [0, 0.1) is 27.7 Å². The molecule has 4 rings (SSSR count). The van der Waals surface area contributed by atoms with Crippen molar-refractivity contribution in [2.75, 3.05) is 18.4 Å². The van der Waals surface area contributed by atoms with Crippen LogP contribution in [0.1, 0.15) is 55.9 Å². The van der Waals surface area contributed by atoms with Gasteiger partial charge in [0, 0.05) is 29.7 Å². The van der Waals surface area contributed by atoms with Crippen molar-refractivity contribution in [2.45, 2.75) is 40.5 Å². The summed E-state index contributed by atoms with van der Waals surface area (Å²) in [6, 6.07) is 11.5. The van der Waals surface area contributed by atoms with Gasteiger partial charge in [-0.25, -0.2) is 0 Å². The number of carbonyl (C=O) groups is 2. The summed E-state index contributed by atoms with van der Waals surface area (Å²) in [5, 5.41) is 3.95. The van der Waals surface area contributed by atoms with E-state index < -0.39 is 0 Å². The van der Waals surface area contributed by atoms with Gasteiger partial charge in [-0.15, -0.1) is 0 Å². The monoisotopic (exact) mass is 401 g/mol. The molecule has 30 heavy (non-hydrogen) atoms. The Balaban J connectivity index is 1.65. The lowest BCUT2D eigenvalue weighted by atomic mass is 10.0. The molecule has 5 nitrogen and oxygen atoms in total. The Hall–Kier alpha value is -3.21. The first kappa shape index (κ1) is 20.1. The fourth-order valence-corrected chi connectivity index (χ4v) is 4.26. The van der Waals surface area contributed by atoms with Crippen LogP contribution in [0.5, 0.6) is 0 Å². The molecule has 5 heteroatoms. The van der Waals surface area contributed by atoms with Crippen molar-refractivity contribution in [3.8, 4) is 0 Å². The predicted octanol–water partition coefficient (Wildman–Crippen LogP) is 4.96. The average molecular weight is 402 g/mol. The van der Waals surface area contributed by atoms with Gasteiger partial charge < -0.3 is 10.2 Å².